The maximum Gasteiger partial charge on any atom is 0.321 e. The molecule has 172 valence electrons. The molecule has 0 N–H and O–H groups in total. The maximum atomic E-state index is 13.8. The van der Waals surface area contributed by atoms with Crippen LogP contribution in [0, 0.1) is 13.8 Å². The van der Waals surface area contributed by atoms with Crippen molar-refractivity contribution >= 4 is 23.5 Å². The minimum absolute atomic E-state index is 0.111. The van der Waals surface area contributed by atoms with E-state index in [9.17, 15) is 9.59 Å². The first-order valence-corrected chi connectivity index (χ1v) is 12.2. The number of carbonyl (C=O) groups is 2. The minimum Gasteiger partial charge on any atom is -0.497 e. The number of Topliss-reactive ketones (excluding diaryl/α,β-unsaturated/α-hetero) is 1. The first-order chi connectivity index (χ1) is 15.2. The van der Waals surface area contributed by atoms with E-state index in [0.29, 0.717) is 11.7 Å². The maximum absolute atomic E-state index is 13.8. The molecule has 5 heteroatoms. The molecule has 0 bridgehead atoms. The number of esters is 1. The highest BCUT2D eigenvalue weighted by molar-refractivity contribution is 8.00. The molecule has 0 amide bonds. The standard InChI is InChI=1S/C27H34O4S/c1-7-31-26(29)24(23-17(2)14-21(15-18(23)3)20-10-11-20)25(28)27(4,5)32-16-19-8-12-22(30-6)13-9-19/h8-9,12-15,20,24H,7,10-11,16H2,1-6H3. The van der Waals surface area contributed by atoms with Crippen LogP contribution in [0.15, 0.2) is 36.4 Å². The number of aryl methyl sites for hydroxylation is 2. The molecule has 0 radical (unpaired) electrons. The van der Waals surface area contributed by atoms with Gasteiger partial charge in [-0.3, -0.25) is 9.59 Å². The number of hydrogen-bond acceptors (Lipinski definition) is 5. The summed E-state index contributed by atoms with van der Waals surface area (Å²) in [5, 5.41) is 0. The molecule has 1 atom stereocenters. The Morgan fingerprint density at radius 1 is 1.09 bits per heavy atom. The number of thioether (sulfide) groups is 1. The van der Waals surface area contributed by atoms with Gasteiger partial charge in [-0.2, -0.15) is 0 Å². The van der Waals surface area contributed by atoms with Crippen molar-refractivity contribution in [2.24, 2.45) is 0 Å². The molecule has 0 saturated heterocycles. The fourth-order valence-corrected chi connectivity index (χ4v) is 5.08. The van der Waals surface area contributed by atoms with Crippen LogP contribution in [0.4, 0.5) is 0 Å². The van der Waals surface area contributed by atoms with E-state index in [0.717, 1.165) is 28.0 Å². The predicted octanol–water partition coefficient (Wildman–Crippen LogP) is 6.12. The molecule has 0 aromatic heterocycles. The molecule has 1 saturated carbocycles. The normalized spacial score (nSPS) is 14.7. The highest BCUT2D eigenvalue weighted by atomic mass is 32.2. The van der Waals surface area contributed by atoms with Crippen LogP contribution in [0.1, 0.15) is 73.3 Å². The molecule has 4 nitrogen and oxygen atoms in total. The summed E-state index contributed by atoms with van der Waals surface area (Å²) in [6.07, 6.45) is 2.43. The molecule has 1 fully saturated rings. The fourth-order valence-electron chi connectivity index (χ4n) is 4.10. The third kappa shape index (κ3) is 5.55. The lowest BCUT2D eigenvalue weighted by molar-refractivity contribution is -0.148. The van der Waals surface area contributed by atoms with Gasteiger partial charge in [0.2, 0.25) is 0 Å². The second-order valence-corrected chi connectivity index (χ2v) is 10.6. The highest BCUT2D eigenvalue weighted by Gasteiger charge is 2.41. The number of ketones is 1. The lowest BCUT2D eigenvalue weighted by Gasteiger charge is -2.29. The van der Waals surface area contributed by atoms with Crippen LogP contribution in [-0.4, -0.2) is 30.2 Å². The zero-order valence-corrected chi connectivity index (χ0v) is 20.8. The van der Waals surface area contributed by atoms with E-state index in [1.54, 1.807) is 25.8 Å². The Balaban J connectivity index is 1.87. The molecule has 1 unspecified atom stereocenters. The Bertz CT molecular complexity index is 951. The van der Waals surface area contributed by atoms with Gasteiger partial charge in [0, 0.05) is 5.75 Å². The molecular formula is C27H34O4S. The molecule has 2 aromatic rings. The van der Waals surface area contributed by atoms with Crippen LogP contribution in [-0.2, 0) is 20.1 Å². The third-order valence-corrected chi connectivity index (χ3v) is 7.49. The number of ether oxygens (including phenoxy) is 2. The average molecular weight is 455 g/mol. The van der Waals surface area contributed by atoms with E-state index in [1.807, 2.05) is 52.0 Å². The van der Waals surface area contributed by atoms with Gasteiger partial charge in [0.05, 0.1) is 18.5 Å². The van der Waals surface area contributed by atoms with Gasteiger partial charge >= 0.3 is 5.97 Å². The van der Waals surface area contributed by atoms with Gasteiger partial charge < -0.3 is 9.47 Å². The van der Waals surface area contributed by atoms with E-state index < -0.39 is 16.6 Å². The number of benzene rings is 2. The van der Waals surface area contributed by atoms with E-state index in [2.05, 4.69) is 12.1 Å². The van der Waals surface area contributed by atoms with Crippen molar-refractivity contribution in [1.29, 1.82) is 0 Å². The first kappa shape index (κ1) is 24.4. The summed E-state index contributed by atoms with van der Waals surface area (Å²) < 4.78 is 9.84. The summed E-state index contributed by atoms with van der Waals surface area (Å²) in [5.41, 5.74) is 5.21. The third-order valence-electron chi connectivity index (χ3n) is 6.09. The van der Waals surface area contributed by atoms with Crippen molar-refractivity contribution in [3.8, 4) is 5.75 Å². The zero-order chi connectivity index (χ0) is 23.5. The molecule has 0 aliphatic heterocycles. The van der Waals surface area contributed by atoms with Crippen LogP contribution in [0.3, 0.4) is 0 Å². The highest BCUT2D eigenvalue weighted by Crippen LogP contribution is 2.43. The lowest BCUT2D eigenvalue weighted by atomic mass is 9.82. The van der Waals surface area contributed by atoms with Crippen molar-refractivity contribution in [3.05, 3.63) is 64.2 Å². The van der Waals surface area contributed by atoms with Crippen LogP contribution < -0.4 is 4.74 Å². The predicted molar refractivity (Wildman–Crippen MR) is 131 cm³/mol. The Labute approximate surface area is 196 Å². The van der Waals surface area contributed by atoms with Gasteiger partial charge in [0.25, 0.3) is 0 Å². The topological polar surface area (TPSA) is 52.6 Å². The van der Waals surface area contributed by atoms with Gasteiger partial charge in [-0.1, -0.05) is 24.3 Å². The van der Waals surface area contributed by atoms with Crippen molar-refractivity contribution in [2.75, 3.05) is 13.7 Å². The van der Waals surface area contributed by atoms with E-state index >= 15 is 0 Å². The van der Waals surface area contributed by atoms with Crippen molar-refractivity contribution in [2.45, 2.75) is 69.8 Å². The van der Waals surface area contributed by atoms with Crippen molar-refractivity contribution < 1.29 is 19.1 Å². The molecule has 3 rings (SSSR count). The summed E-state index contributed by atoms with van der Waals surface area (Å²) in [5.74, 6) is 0.603. The summed E-state index contributed by atoms with van der Waals surface area (Å²) >= 11 is 1.54. The SMILES string of the molecule is CCOC(=O)C(C(=O)C(C)(C)SCc1ccc(OC)cc1)c1c(C)cc(C2CC2)cc1C. The molecular weight excluding hydrogens is 420 g/mol. The minimum atomic E-state index is -0.915. The molecule has 1 aliphatic rings. The number of methoxy groups -OCH3 is 1. The molecule has 0 heterocycles. The monoisotopic (exact) mass is 454 g/mol. The summed E-state index contributed by atoms with van der Waals surface area (Å²) in [6.45, 7) is 9.84. The van der Waals surface area contributed by atoms with Crippen LogP contribution in [0.25, 0.3) is 0 Å². The van der Waals surface area contributed by atoms with Crippen LogP contribution in [0.2, 0.25) is 0 Å². The van der Waals surface area contributed by atoms with Crippen molar-refractivity contribution in [1.82, 2.24) is 0 Å². The molecule has 0 spiro atoms. The second-order valence-electron chi connectivity index (χ2n) is 9.04. The van der Waals surface area contributed by atoms with Crippen LogP contribution >= 0.6 is 11.8 Å². The fraction of sp³-hybridized carbons (Fsp3) is 0.481. The van der Waals surface area contributed by atoms with Gasteiger partial charge in [-0.25, -0.2) is 0 Å². The van der Waals surface area contributed by atoms with Gasteiger partial charge in [0.15, 0.2) is 5.78 Å². The Kier molecular flexibility index (Phi) is 7.71. The zero-order valence-electron chi connectivity index (χ0n) is 20.0. The van der Waals surface area contributed by atoms with Gasteiger partial charge in [0.1, 0.15) is 11.7 Å². The summed E-state index contributed by atoms with van der Waals surface area (Å²) in [7, 11) is 1.64. The van der Waals surface area contributed by atoms with Gasteiger partial charge in [-0.05, 0) is 93.3 Å². The molecule has 1 aliphatic carbocycles. The number of hydrogen-bond donors (Lipinski definition) is 0. The summed E-state index contributed by atoms with van der Waals surface area (Å²) in [4.78, 5) is 26.8. The van der Waals surface area contributed by atoms with Crippen LogP contribution in [0.5, 0.6) is 5.75 Å². The quantitative estimate of drug-likeness (QED) is 0.320. The second kappa shape index (κ2) is 10.1. The lowest BCUT2D eigenvalue weighted by Crippen LogP contribution is -2.38. The van der Waals surface area contributed by atoms with Gasteiger partial charge in [-0.15, -0.1) is 11.8 Å². The Morgan fingerprint density at radius 2 is 1.69 bits per heavy atom. The van der Waals surface area contributed by atoms with Crippen molar-refractivity contribution in [3.63, 3.8) is 0 Å². The number of carbonyl (C=O) groups excluding carboxylic acids is 2. The van der Waals surface area contributed by atoms with E-state index in [-0.39, 0.29) is 12.4 Å². The first-order valence-electron chi connectivity index (χ1n) is 11.3. The molecule has 2 aromatic carbocycles. The largest absolute Gasteiger partial charge is 0.497 e. The molecule has 32 heavy (non-hydrogen) atoms. The van der Waals surface area contributed by atoms with E-state index in [4.69, 9.17) is 9.47 Å². The Morgan fingerprint density at radius 3 is 2.19 bits per heavy atom. The Hall–Kier alpha value is -2.27. The average Bonchev–Trinajstić information content (AvgIpc) is 3.60. The number of rotatable bonds is 10. The summed E-state index contributed by atoms with van der Waals surface area (Å²) in [6, 6.07) is 12.1. The van der Waals surface area contributed by atoms with E-state index in [1.165, 1.54) is 18.4 Å². The smallest absolute Gasteiger partial charge is 0.321 e.